The SMILES string of the molecule is COc1cscc1C(=O)N[C@H](C(=O)O)[C@@H](C)OC. The molecule has 0 saturated carbocycles. The molecule has 7 heteroatoms. The van der Waals surface area contributed by atoms with Crippen molar-refractivity contribution < 1.29 is 24.2 Å². The Morgan fingerprint density at radius 1 is 1.39 bits per heavy atom. The van der Waals surface area contributed by atoms with Crippen LogP contribution >= 0.6 is 11.3 Å². The fourth-order valence-electron chi connectivity index (χ4n) is 1.34. The van der Waals surface area contributed by atoms with Crippen LogP contribution in [0.4, 0.5) is 0 Å². The van der Waals surface area contributed by atoms with Crippen molar-refractivity contribution >= 4 is 23.2 Å². The molecule has 0 unspecified atom stereocenters. The molecule has 0 aromatic carbocycles. The Hall–Kier alpha value is -1.60. The van der Waals surface area contributed by atoms with E-state index in [1.165, 1.54) is 25.6 Å². The van der Waals surface area contributed by atoms with Gasteiger partial charge in [0.1, 0.15) is 5.75 Å². The van der Waals surface area contributed by atoms with Crippen molar-refractivity contribution in [2.45, 2.75) is 19.1 Å². The fraction of sp³-hybridized carbons (Fsp3) is 0.455. The fourth-order valence-corrected chi connectivity index (χ4v) is 2.12. The van der Waals surface area contributed by atoms with Crippen molar-refractivity contribution in [3.8, 4) is 5.75 Å². The molecular formula is C11H15NO5S. The van der Waals surface area contributed by atoms with Gasteiger partial charge in [-0.05, 0) is 6.92 Å². The third-order valence-electron chi connectivity index (χ3n) is 2.48. The summed E-state index contributed by atoms with van der Waals surface area (Å²) in [6, 6.07) is -1.10. The molecule has 18 heavy (non-hydrogen) atoms. The van der Waals surface area contributed by atoms with Crippen LogP contribution < -0.4 is 10.1 Å². The third kappa shape index (κ3) is 3.21. The van der Waals surface area contributed by atoms with Gasteiger partial charge >= 0.3 is 5.97 Å². The number of carbonyl (C=O) groups excluding carboxylic acids is 1. The molecule has 0 radical (unpaired) electrons. The van der Waals surface area contributed by atoms with E-state index in [1.807, 2.05) is 0 Å². The Kier molecular flexibility index (Phi) is 5.11. The number of carbonyl (C=O) groups is 2. The van der Waals surface area contributed by atoms with Crippen molar-refractivity contribution in [3.63, 3.8) is 0 Å². The van der Waals surface area contributed by atoms with Crippen LogP contribution in [0, 0.1) is 0 Å². The number of rotatable bonds is 6. The molecule has 0 aliphatic rings. The molecule has 2 N–H and O–H groups in total. The zero-order valence-electron chi connectivity index (χ0n) is 10.3. The van der Waals surface area contributed by atoms with E-state index in [4.69, 9.17) is 14.6 Å². The number of carboxylic acids is 1. The van der Waals surface area contributed by atoms with Crippen LogP contribution in [0.1, 0.15) is 17.3 Å². The first-order valence-electron chi connectivity index (χ1n) is 5.17. The normalized spacial score (nSPS) is 13.7. The maximum atomic E-state index is 11.9. The molecule has 6 nitrogen and oxygen atoms in total. The van der Waals surface area contributed by atoms with E-state index in [-0.39, 0.29) is 0 Å². The van der Waals surface area contributed by atoms with Crippen molar-refractivity contribution in [2.75, 3.05) is 14.2 Å². The van der Waals surface area contributed by atoms with Crippen LogP contribution in [0.3, 0.4) is 0 Å². The minimum atomic E-state index is -1.15. The summed E-state index contributed by atoms with van der Waals surface area (Å²) in [5.41, 5.74) is 0.317. The number of carboxylic acid groups (broad SMARTS) is 1. The highest BCUT2D eigenvalue weighted by atomic mass is 32.1. The van der Waals surface area contributed by atoms with E-state index in [9.17, 15) is 9.59 Å². The maximum absolute atomic E-state index is 11.9. The molecule has 1 amide bonds. The molecular weight excluding hydrogens is 258 g/mol. The standard InChI is InChI=1S/C11H15NO5S/c1-6(16-2)9(11(14)15)12-10(13)7-4-18-5-8(7)17-3/h4-6,9H,1-3H3,(H,12,13)(H,14,15)/t6-,9+/m1/s1. The van der Waals surface area contributed by atoms with E-state index in [2.05, 4.69) is 5.32 Å². The summed E-state index contributed by atoms with van der Waals surface area (Å²) >= 11 is 1.30. The second-order valence-corrected chi connectivity index (χ2v) is 4.33. The highest BCUT2D eigenvalue weighted by molar-refractivity contribution is 7.08. The number of nitrogens with one attached hydrogen (secondary N) is 1. The Morgan fingerprint density at radius 3 is 2.56 bits per heavy atom. The van der Waals surface area contributed by atoms with Gasteiger partial charge in [-0.1, -0.05) is 0 Å². The molecule has 2 atom stereocenters. The number of ether oxygens (including phenoxy) is 2. The lowest BCUT2D eigenvalue weighted by atomic mass is 10.1. The molecule has 0 aliphatic heterocycles. The highest BCUT2D eigenvalue weighted by Crippen LogP contribution is 2.23. The second-order valence-electron chi connectivity index (χ2n) is 3.58. The van der Waals surface area contributed by atoms with Crippen molar-refractivity contribution in [1.82, 2.24) is 5.32 Å². The van der Waals surface area contributed by atoms with Gasteiger partial charge in [0.15, 0.2) is 6.04 Å². The molecule has 0 saturated heterocycles. The van der Waals surface area contributed by atoms with Crippen LogP contribution in [-0.4, -0.2) is 43.3 Å². The van der Waals surface area contributed by atoms with Gasteiger partial charge < -0.3 is 19.9 Å². The van der Waals surface area contributed by atoms with Gasteiger partial charge in [-0.3, -0.25) is 4.79 Å². The number of hydrogen-bond donors (Lipinski definition) is 2. The lowest BCUT2D eigenvalue weighted by molar-refractivity contribution is -0.142. The summed E-state index contributed by atoms with van der Waals surface area (Å²) in [6.45, 7) is 1.57. The molecule has 1 aromatic heterocycles. The van der Waals surface area contributed by atoms with Gasteiger partial charge in [-0.15, -0.1) is 11.3 Å². The number of aliphatic carboxylic acids is 1. The van der Waals surface area contributed by atoms with Crippen molar-refractivity contribution in [1.29, 1.82) is 0 Å². The summed E-state index contributed by atoms with van der Waals surface area (Å²) in [5, 5.41) is 14.7. The average molecular weight is 273 g/mol. The summed E-state index contributed by atoms with van der Waals surface area (Å²) in [7, 11) is 2.84. The largest absolute Gasteiger partial charge is 0.495 e. The Balaban J connectivity index is 2.82. The Labute approximate surface area is 109 Å². The minimum Gasteiger partial charge on any atom is -0.495 e. The van der Waals surface area contributed by atoms with E-state index < -0.39 is 24.0 Å². The quantitative estimate of drug-likeness (QED) is 0.807. The zero-order chi connectivity index (χ0) is 13.7. The monoisotopic (exact) mass is 273 g/mol. The highest BCUT2D eigenvalue weighted by Gasteiger charge is 2.28. The van der Waals surface area contributed by atoms with Gasteiger partial charge in [0, 0.05) is 17.9 Å². The number of methoxy groups -OCH3 is 2. The first kappa shape index (κ1) is 14.5. The van der Waals surface area contributed by atoms with Gasteiger partial charge in [0.05, 0.1) is 18.8 Å². The first-order valence-corrected chi connectivity index (χ1v) is 6.12. The van der Waals surface area contributed by atoms with Crippen LogP contribution in [0.15, 0.2) is 10.8 Å². The Morgan fingerprint density at radius 2 is 2.06 bits per heavy atom. The molecule has 0 spiro atoms. The lowest BCUT2D eigenvalue weighted by Crippen LogP contribution is -2.48. The van der Waals surface area contributed by atoms with E-state index in [0.29, 0.717) is 11.3 Å². The summed E-state index contributed by atoms with van der Waals surface area (Å²) in [5.74, 6) is -1.22. The van der Waals surface area contributed by atoms with Crippen molar-refractivity contribution in [2.24, 2.45) is 0 Å². The molecule has 1 aromatic rings. The number of thiophene rings is 1. The van der Waals surface area contributed by atoms with E-state index >= 15 is 0 Å². The molecule has 0 aliphatic carbocycles. The van der Waals surface area contributed by atoms with Gasteiger partial charge in [-0.2, -0.15) is 0 Å². The molecule has 1 heterocycles. The van der Waals surface area contributed by atoms with Gasteiger partial charge in [0.2, 0.25) is 0 Å². The third-order valence-corrected chi connectivity index (χ3v) is 3.21. The summed E-state index contributed by atoms with van der Waals surface area (Å²) < 4.78 is 9.93. The predicted octanol–water partition coefficient (Wildman–Crippen LogP) is 0.975. The summed E-state index contributed by atoms with van der Waals surface area (Å²) in [4.78, 5) is 23.0. The topological polar surface area (TPSA) is 84.9 Å². The number of amides is 1. The maximum Gasteiger partial charge on any atom is 0.328 e. The summed E-state index contributed by atoms with van der Waals surface area (Å²) in [6.07, 6.45) is -0.629. The lowest BCUT2D eigenvalue weighted by Gasteiger charge is -2.20. The van der Waals surface area contributed by atoms with Crippen LogP contribution in [-0.2, 0) is 9.53 Å². The molecule has 1 rings (SSSR count). The minimum absolute atomic E-state index is 0.317. The van der Waals surface area contributed by atoms with Gasteiger partial charge in [-0.25, -0.2) is 4.79 Å². The average Bonchev–Trinajstić information content (AvgIpc) is 2.82. The predicted molar refractivity (Wildman–Crippen MR) is 66.2 cm³/mol. The smallest absolute Gasteiger partial charge is 0.328 e. The molecule has 100 valence electrons. The van der Waals surface area contributed by atoms with Crippen LogP contribution in [0.25, 0.3) is 0 Å². The first-order chi connectivity index (χ1) is 8.51. The van der Waals surface area contributed by atoms with Crippen LogP contribution in [0.2, 0.25) is 0 Å². The van der Waals surface area contributed by atoms with Gasteiger partial charge in [0.25, 0.3) is 5.91 Å². The number of hydrogen-bond acceptors (Lipinski definition) is 5. The molecule has 0 fully saturated rings. The zero-order valence-corrected chi connectivity index (χ0v) is 11.1. The van der Waals surface area contributed by atoms with Crippen molar-refractivity contribution in [3.05, 3.63) is 16.3 Å². The van der Waals surface area contributed by atoms with E-state index in [1.54, 1.807) is 17.7 Å². The Bertz CT molecular complexity index is 431. The molecule has 0 bridgehead atoms. The van der Waals surface area contributed by atoms with Crippen LogP contribution in [0.5, 0.6) is 5.75 Å². The second kappa shape index (κ2) is 6.36. The van der Waals surface area contributed by atoms with E-state index in [0.717, 1.165) is 0 Å².